The van der Waals surface area contributed by atoms with Crippen LogP contribution >= 0.6 is 15.9 Å². The maximum Gasteiger partial charge on any atom is 0.244 e. The van der Waals surface area contributed by atoms with Crippen molar-refractivity contribution < 1.29 is 21.9 Å². The first kappa shape index (κ1) is 16.5. The van der Waals surface area contributed by atoms with Gasteiger partial charge >= 0.3 is 0 Å². The second-order valence-electron chi connectivity index (χ2n) is 3.80. The molecule has 1 rings (SSSR count). The fraction of sp³-hybridized carbons (Fsp3) is 0.455. The van der Waals surface area contributed by atoms with Crippen LogP contribution in [0.25, 0.3) is 0 Å². The SMILES string of the molecule is COCCCCNS(=O)(=O)c1c(F)cc(F)cc1Br. The van der Waals surface area contributed by atoms with Crippen LogP contribution in [0.2, 0.25) is 0 Å². The number of benzene rings is 1. The molecule has 0 aliphatic carbocycles. The van der Waals surface area contributed by atoms with Crippen LogP contribution in [-0.2, 0) is 14.8 Å². The van der Waals surface area contributed by atoms with Gasteiger partial charge in [-0.1, -0.05) is 0 Å². The maximum absolute atomic E-state index is 13.5. The molecule has 4 nitrogen and oxygen atoms in total. The van der Waals surface area contributed by atoms with Crippen LogP contribution in [0, 0.1) is 11.6 Å². The number of unbranched alkanes of at least 4 members (excludes halogenated alkanes) is 1. The first-order chi connectivity index (χ1) is 8.88. The fourth-order valence-corrected chi connectivity index (χ4v) is 3.67. The highest BCUT2D eigenvalue weighted by Gasteiger charge is 2.23. The van der Waals surface area contributed by atoms with Crippen molar-refractivity contribution in [1.29, 1.82) is 0 Å². The number of methoxy groups -OCH3 is 1. The summed E-state index contributed by atoms with van der Waals surface area (Å²) in [6, 6.07) is 1.44. The van der Waals surface area contributed by atoms with Crippen molar-refractivity contribution in [2.75, 3.05) is 20.3 Å². The van der Waals surface area contributed by atoms with Crippen molar-refractivity contribution in [3.63, 3.8) is 0 Å². The Morgan fingerprint density at radius 1 is 1.32 bits per heavy atom. The normalized spacial score (nSPS) is 11.8. The smallest absolute Gasteiger partial charge is 0.244 e. The van der Waals surface area contributed by atoms with Gasteiger partial charge in [0, 0.05) is 30.8 Å². The van der Waals surface area contributed by atoms with Crippen LogP contribution in [0.15, 0.2) is 21.5 Å². The van der Waals surface area contributed by atoms with Gasteiger partial charge in [0.1, 0.15) is 16.5 Å². The third-order valence-corrected chi connectivity index (χ3v) is 4.72. The molecule has 0 aliphatic rings. The summed E-state index contributed by atoms with van der Waals surface area (Å²) < 4.78 is 57.1. The minimum atomic E-state index is -4.00. The van der Waals surface area contributed by atoms with Crippen molar-refractivity contribution in [1.82, 2.24) is 4.72 Å². The third kappa shape index (κ3) is 4.79. The van der Waals surface area contributed by atoms with Crippen molar-refractivity contribution >= 4 is 26.0 Å². The van der Waals surface area contributed by atoms with Gasteiger partial charge in [-0.3, -0.25) is 0 Å². The molecule has 1 aromatic rings. The molecular weight excluding hydrogens is 344 g/mol. The fourth-order valence-electron chi connectivity index (χ4n) is 1.44. The molecule has 1 aromatic carbocycles. The summed E-state index contributed by atoms with van der Waals surface area (Å²) >= 11 is 2.85. The molecule has 0 atom stereocenters. The number of halogens is 3. The largest absolute Gasteiger partial charge is 0.385 e. The molecule has 0 saturated carbocycles. The average molecular weight is 358 g/mol. The van der Waals surface area contributed by atoms with E-state index in [-0.39, 0.29) is 11.0 Å². The molecule has 0 aliphatic heterocycles. The molecule has 0 aromatic heterocycles. The Hall–Kier alpha value is -0.570. The van der Waals surface area contributed by atoms with Gasteiger partial charge in [-0.25, -0.2) is 21.9 Å². The van der Waals surface area contributed by atoms with Crippen LogP contribution in [0.5, 0.6) is 0 Å². The minimum Gasteiger partial charge on any atom is -0.385 e. The Labute approximate surface area is 119 Å². The van der Waals surface area contributed by atoms with Gasteiger partial charge in [-0.05, 0) is 34.8 Å². The zero-order chi connectivity index (χ0) is 14.5. The highest BCUT2D eigenvalue weighted by molar-refractivity contribution is 9.10. The van der Waals surface area contributed by atoms with Gasteiger partial charge in [-0.2, -0.15) is 0 Å². The number of sulfonamides is 1. The number of hydrogen-bond donors (Lipinski definition) is 1. The van der Waals surface area contributed by atoms with Crippen molar-refractivity contribution in [3.05, 3.63) is 28.2 Å². The Bertz CT molecular complexity index is 514. The molecule has 0 heterocycles. The zero-order valence-corrected chi connectivity index (χ0v) is 12.7. The monoisotopic (exact) mass is 357 g/mol. The van der Waals surface area contributed by atoms with Gasteiger partial charge in [0.15, 0.2) is 0 Å². The van der Waals surface area contributed by atoms with Crippen LogP contribution in [0.3, 0.4) is 0 Å². The molecule has 19 heavy (non-hydrogen) atoms. The van der Waals surface area contributed by atoms with E-state index in [0.717, 1.165) is 6.07 Å². The van der Waals surface area contributed by atoms with Crippen LogP contribution in [-0.4, -0.2) is 28.7 Å². The lowest BCUT2D eigenvalue weighted by Crippen LogP contribution is -2.26. The third-order valence-electron chi connectivity index (χ3n) is 2.30. The van der Waals surface area contributed by atoms with Gasteiger partial charge in [-0.15, -0.1) is 0 Å². The molecule has 0 radical (unpaired) electrons. The molecular formula is C11H14BrF2NO3S. The Morgan fingerprint density at radius 3 is 2.58 bits per heavy atom. The van der Waals surface area contributed by atoms with E-state index in [2.05, 4.69) is 20.7 Å². The first-order valence-electron chi connectivity index (χ1n) is 5.51. The topological polar surface area (TPSA) is 55.4 Å². The predicted octanol–water partition coefficient (Wildman–Crippen LogP) is 2.43. The highest BCUT2D eigenvalue weighted by atomic mass is 79.9. The lowest BCUT2D eigenvalue weighted by molar-refractivity contribution is 0.193. The number of hydrogen-bond acceptors (Lipinski definition) is 3. The molecule has 0 bridgehead atoms. The van der Waals surface area contributed by atoms with Gasteiger partial charge in [0.2, 0.25) is 10.0 Å². The highest BCUT2D eigenvalue weighted by Crippen LogP contribution is 2.25. The molecule has 0 unspecified atom stereocenters. The summed E-state index contributed by atoms with van der Waals surface area (Å²) in [6.45, 7) is 0.686. The van der Waals surface area contributed by atoms with Crippen molar-refractivity contribution in [2.24, 2.45) is 0 Å². The summed E-state index contributed by atoms with van der Waals surface area (Å²) in [5.74, 6) is -1.97. The lowest BCUT2D eigenvalue weighted by Gasteiger charge is -2.09. The Balaban J connectivity index is 2.78. The molecule has 0 fully saturated rings. The van der Waals surface area contributed by atoms with E-state index in [1.54, 1.807) is 7.11 Å². The van der Waals surface area contributed by atoms with E-state index in [1.807, 2.05) is 0 Å². The number of nitrogens with one attached hydrogen (secondary N) is 1. The van der Waals surface area contributed by atoms with E-state index in [1.165, 1.54) is 0 Å². The Kier molecular flexibility index (Phi) is 6.31. The molecule has 0 spiro atoms. The minimum absolute atomic E-state index is 0.144. The van der Waals surface area contributed by atoms with E-state index in [0.29, 0.717) is 25.5 Å². The summed E-state index contributed by atoms with van der Waals surface area (Å²) in [7, 11) is -2.45. The quantitative estimate of drug-likeness (QED) is 0.762. The van der Waals surface area contributed by atoms with Crippen LogP contribution in [0.1, 0.15) is 12.8 Å². The van der Waals surface area contributed by atoms with Gasteiger partial charge in [0.05, 0.1) is 0 Å². The van der Waals surface area contributed by atoms with Crippen molar-refractivity contribution in [2.45, 2.75) is 17.7 Å². The summed E-state index contributed by atoms with van der Waals surface area (Å²) in [6.07, 6.45) is 1.25. The van der Waals surface area contributed by atoms with E-state index in [9.17, 15) is 17.2 Å². The maximum atomic E-state index is 13.5. The Morgan fingerprint density at radius 2 is 2.00 bits per heavy atom. The van der Waals surface area contributed by atoms with E-state index < -0.39 is 26.6 Å². The van der Waals surface area contributed by atoms with Crippen LogP contribution in [0.4, 0.5) is 8.78 Å². The summed E-state index contributed by atoms with van der Waals surface area (Å²) in [5.41, 5.74) is 0. The average Bonchev–Trinajstić information content (AvgIpc) is 2.26. The second kappa shape index (κ2) is 7.28. The molecule has 8 heteroatoms. The lowest BCUT2D eigenvalue weighted by atomic mass is 10.3. The number of ether oxygens (including phenoxy) is 1. The molecule has 0 amide bonds. The number of rotatable bonds is 7. The molecule has 108 valence electrons. The predicted molar refractivity (Wildman–Crippen MR) is 70.4 cm³/mol. The van der Waals surface area contributed by atoms with Gasteiger partial charge < -0.3 is 4.74 Å². The molecule has 0 saturated heterocycles. The van der Waals surface area contributed by atoms with Gasteiger partial charge in [0.25, 0.3) is 0 Å². The zero-order valence-electron chi connectivity index (χ0n) is 10.3. The second-order valence-corrected chi connectivity index (χ2v) is 6.35. The van der Waals surface area contributed by atoms with E-state index in [4.69, 9.17) is 4.74 Å². The van der Waals surface area contributed by atoms with Crippen molar-refractivity contribution in [3.8, 4) is 0 Å². The first-order valence-corrected chi connectivity index (χ1v) is 7.79. The molecule has 1 N–H and O–H groups in total. The van der Waals surface area contributed by atoms with Crippen LogP contribution < -0.4 is 4.72 Å². The van der Waals surface area contributed by atoms with E-state index >= 15 is 0 Å². The summed E-state index contributed by atoms with van der Waals surface area (Å²) in [4.78, 5) is -0.583. The summed E-state index contributed by atoms with van der Waals surface area (Å²) in [5, 5.41) is 0. The standard InChI is InChI=1S/C11H14BrF2NO3S/c1-18-5-3-2-4-15-19(16,17)11-9(12)6-8(13)7-10(11)14/h6-7,15H,2-5H2,1H3.